The molecule has 0 bridgehead atoms. The summed E-state index contributed by atoms with van der Waals surface area (Å²) in [6.07, 6.45) is 3.69. The number of rotatable bonds is 7. The zero-order chi connectivity index (χ0) is 12.7. The SMILES string of the molecule is CCCCC[C@@H](O)CC(=O)N[C@@H]1CCOC1=O. The van der Waals surface area contributed by atoms with Crippen molar-refractivity contribution < 1.29 is 19.4 Å². The van der Waals surface area contributed by atoms with Gasteiger partial charge in [0.15, 0.2) is 0 Å². The summed E-state index contributed by atoms with van der Waals surface area (Å²) in [6.45, 7) is 2.45. The monoisotopic (exact) mass is 243 g/mol. The van der Waals surface area contributed by atoms with Crippen LogP contribution < -0.4 is 5.32 Å². The zero-order valence-electron chi connectivity index (χ0n) is 10.3. The lowest BCUT2D eigenvalue weighted by atomic mass is 10.1. The summed E-state index contributed by atoms with van der Waals surface area (Å²) in [7, 11) is 0. The van der Waals surface area contributed by atoms with Crippen molar-refractivity contribution in [2.75, 3.05) is 6.61 Å². The summed E-state index contributed by atoms with van der Waals surface area (Å²) < 4.78 is 4.73. The quantitative estimate of drug-likeness (QED) is 0.511. The third-order valence-corrected chi connectivity index (χ3v) is 2.83. The molecule has 1 rings (SSSR count). The standard InChI is InChI=1S/C12H21NO4/c1-2-3-4-5-9(14)8-11(15)13-10-6-7-17-12(10)16/h9-10,14H,2-8H2,1H3,(H,13,15)/t9-,10-/m1/s1. The minimum Gasteiger partial charge on any atom is -0.464 e. The first kappa shape index (κ1) is 14.0. The van der Waals surface area contributed by atoms with Gasteiger partial charge in [0.2, 0.25) is 5.91 Å². The smallest absolute Gasteiger partial charge is 0.328 e. The summed E-state index contributed by atoms with van der Waals surface area (Å²) in [4.78, 5) is 22.6. The molecule has 98 valence electrons. The van der Waals surface area contributed by atoms with E-state index in [1.165, 1.54) is 0 Å². The predicted molar refractivity (Wildman–Crippen MR) is 62.3 cm³/mol. The van der Waals surface area contributed by atoms with E-state index in [-0.39, 0.29) is 18.3 Å². The van der Waals surface area contributed by atoms with Gasteiger partial charge in [-0.15, -0.1) is 0 Å². The molecule has 0 aromatic rings. The van der Waals surface area contributed by atoms with E-state index < -0.39 is 12.1 Å². The van der Waals surface area contributed by atoms with Gasteiger partial charge in [0.05, 0.1) is 19.1 Å². The summed E-state index contributed by atoms with van der Waals surface area (Å²) in [5.74, 6) is -0.656. The highest BCUT2D eigenvalue weighted by Gasteiger charge is 2.28. The average Bonchev–Trinajstić information content (AvgIpc) is 2.64. The van der Waals surface area contributed by atoms with Crippen molar-refractivity contribution in [1.29, 1.82) is 0 Å². The first-order valence-corrected chi connectivity index (χ1v) is 6.27. The Kier molecular flexibility index (Phi) is 5.97. The van der Waals surface area contributed by atoms with Crippen LogP contribution in [0.4, 0.5) is 0 Å². The fourth-order valence-corrected chi connectivity index (χ4v) is 1.83. The Labute approximate surface area is 102 Å². The second-order valence-electron chi connectivity index (χ2n) is 4.43. The molecule has 5 nitrogen and oxygen atoms in total. The molecule has 2 atom stereocenters. The predicted octanol–water partition coefficient (Wildman–Crippen LogP) is 0.749. The van der Waals surface area contributed by atoms with Gasteiger partial charge in [-0.1, -0.05) is 26.2 Å². The molecule has 1 saturated heterocycles. The number of cyclic esters (lactones) is 1. The molecule has 0 aromatic carbocycles. The van der Waals surface area contributed by atoms with Crippen LogP contribution in [-0.2, 0) is 14.3 Å². The van der Waals surface area contributed by atoms with Crippen LogP contribution in [-0.4, -0.2) is 35.7 Å². The number of aliphatic hydroxyl groups excluding tert-OH is 1. The fraction of sp³-hybridized carbons (Fsp3) is 0.833. The lowest BCUT2D eigenvalue weighted by Gasteiger charge is -2.12. The van der Waals surface area contributed by atoms with E-state index >= 15 is 0 Å². The van der Waals surface area contributed by atoms with Gasteiger partial charge in [0, 0.05) is 6.42 Å². The normalized spacial score (nSPS) is 21.1. The van der Waals surface area contributed by atoms with Crippen LogP contribution in [0, 0.1) is 0 Å². The number of hydrogen-bond acceptors (Lipinski definition) is 4. The maximum Gasteiger partial charge on any atom is 0.328 e. The summed E-state index contributed by atoms with van der Waals surface area (Å²) >= 11 is 0. The molecule has 5 heteroatoms. The molecule has 17 heavy (non-hydrogen) atoms. The molecule has 1 aliphatic heterocycles. The Morgan fingerprint density at radius 1 is 1.59 bits per heavy atom. The van der Waals surface area contributed by atoms with Crippen molar-refractivity contribution in [3.05, 3.63) is 0 Å². The summed E-state index contributed by atoms with van der Waals surface area (Å²) in [5, 5.41) is 12.2. The van der Waals surface area contributed by atoms with Crippen molar-refractivity contribution in [3.63, 3.8) is 0 Å². The Hall–Kier alpha value is -1.10. The summed E-state index contributed by atoms with van der Waals surface area (Å²) in [5.41, 5.74) is 0. The van der Waals surface area contributed by atoms with Crippen LogP contribution >= 0.6 is 0 Å². The molecule has 0 aromatic heterocycles. The number of hydrogen-bond donors (Lipinski definition) is 2. The highest BCUT2D eigenvalue weighted by atomic mass is 16.5. The third-order valence-electron chi connectivity index (χ3n) is 2.83. The van der Waals surface area contributed by atoms with Crippen molar-refractivity contribution in [3.8, 4) is 0 Å². The number of ether oxygens (including phenoxy) is 1. The molecular weight excluding hydrogens is 222 g/mol. The molecule has 0 radical (unpaired) electrons. The Bertz CT molecular complexity index is 267. The van der Waals surface area contributed by atoms with E-state index in [4.69, 9.17) is 4.74 Å². The Morgan fingerprint density at radius 2 is 2.35 bits per heavy atom. The van der Waals surface area contributed by atoms with E-state index in [0.717, 1.165) is 19.3 Å². The van der Waals surface area contributed by atoms with Crippen molar-refractivity contribution in [2.24, 2.45) is 0 Å². The van der Waals surface area contributed by atoms with E-state index in [1.54, 1.807) is 0 Å². The van der Waals surface area contributed by atoms with Gasteiger partial charge in [-0.05, 0) is 6.42 Å². The van der Waals surface area contributed by atoms with Gasteiger partial charge in [-0.3, -0.25) is 4.79 Å². The van der Waals surface area contributed by atoms with Gasteiger partial charge in [-0.25, -0.2) is 4.79 Å². The highest BCUT2D eigenvalue weighted by Crippen LogP contribution is 2.09. The lowest BCUT2D eigenvalue weighted by Crippen LogP contribution is -2.39. The first-order valence-electron chi connectivity index (χ1n) is 6.27. The third kappa shape index (κ3) is 5.17. The fourth-order valence-electron chi connectivity index (χ4n) is 1.83. The van der Waals surface area contributed by atoms with Crippen molar-refractivity contribution >= 4 is 11.9 Å². The minimum atomic E-state index is -0.612. The second-order valence-corrected chi connectivity index (χ2v) is 4.43. The van der Waals surface area contributed by atoms with Gasteiger partial charge in [0.1, 0.15) is 6.04 Å². The molecule has 0 unspecified atom stereocenters. The lowest BCUT2D eigenvalue weighted by molar-refractivity contribution is -0.141. The molecule has 2 N–H and O–H groups in total. The molecule has 0 aliphatic carbocycles. The molecule has 1 aliphatic rings. The second kappa shape index (κ2) is 7.27. The number of esters is 1. The molecule has 1 heterocycles. The van der Waals surface area contributed by atoms with Gasteiger partial charge >= 0.3 is 5.97 Å². The average molecular weight is 243 g/mol. The molecule has 1 amide bonds. The van der Waals surface area contributed by atoms with Gasteiger partial charge in [-0.2, -0.15) is 0 Å². The van der Waals surface area contributed by atoms with Crippen LogP contribution in [0.3, 0.4) is 0 Å². The summed E-state index contributed by atoms with van der Waals surface area (Å²) in [6, 6.07) is -0.523. The molecular formula is C12H21NO4. The van der Waals surface area contributed by atoms with Crippen LogP contribution in [0.1, 0.15) is 45.4 Å². The number of carbonyl (C=O) groups is 2. The van der Waals surface area contributed by atoms with Gasteiger partial charge < -0.3 is 15.2 Å². The number of aliphatic hydroxyl groups is 1. The largest absolute Gasteiger partial charge is 0.464 e. The topological polar surface area (TPSA) is 75.6 Å². The van der Waals surface area contributed by atoms with Crippen LogP contribution in [0.25, 0.3) is 0 Å². The molecule has 0 spiro atoms. The maximum absolute atomic E-state index is 11.5. The van der Waals surface area contributed by atoms with Crippen LogP contribution in [0.5, 0.6) is 0 Å². The highest BCUT2D eigenvalue weighted by molar-refractivity contribution is 5.85. The van der Waals surface area contributed by atoms with Crippen LogP contribution in [0.15, 0.2) is 0 Å². The van der Waals surface area contributed by atoms with Crippen LogP contribution in [0.2, 0.25) is 0 Å². The maximum atomic E-state index is 11.5. The zero-order valence-corrected chi connectivity index (χ0v) is 10.3. The van der Waals surface area contributed by atoms with E-state index in [1.807, 2.05) is 0 Å². The van der Waals surface area contributed by atoms with Crippen molar-refractivity contribution in [1.82, 2.24) is 5.32 Å². The number of carbonyl (C=O) groups excluding carboxylic acids is 2. The number of unbranched alkanes of at least 4 members (excludes halogenated alkanes) is 2. The molecule has 0 saturated carbocycles. The Morgan fingerprint density at radius 3 is 2.94 bits per heavy atom. The van der Waals surface area contributed by atoms with Gasteiger partial charge in [0.25, 0.3) is 0 Å². The number of amides is 1. The van der Waals surface area contributed by atoms with E-state index in [0.29, 0.717) is 19.4 Å². The Balaban J connectivity index is 2.17. The van der Waals surface area contributed by atoms with E-state index in [2.05, 4.69) is 12.2 Å². The van der Waals surface area contributed by atoms with Crippen molar-refractivity contribution in [2.45, 2.75) is 57.6 Å². The number of nitrogens with one attached hydrogen (secondary N) is 1. The minimum absolute atomic E-state index is 0.0630. The molecule has 1 fully saturated rings. The van der Waals surface area contributed by atoms with E-state index in [9.17, 15) is 14.7 Å². The first-order chi connectivity index (χ1) is 8.13.